The smallest absolute Gasteiger partial charge is 0.243 e. The number of ether oxygens (including phenoxy) is 1. The molecular formula is C20H22F2N2O4S. The Balaban J connectivity index is 1.52. The summed E-state index contributed by atoms with van der Waals surface area (Å²) in [6, 6.07) is 9.78. The molecule has 0 saturated carbocycles. The van der Waals surface area contributed by atoms with Crippen LogP contribution in [0, 0.1) is 11.6 Å². The van der Waals surface area contributed by atoms with Crippen molar-refractivity contribution in [2.24, 2.45) is 0 Å². The van der Waals surface area contributed by atoms with E-state index in [1.807, 2.05) is 0 Å². The number of rotatable bonds is 8. The Labute approximate surface area is 168 Å². The summed E-state index contributed by atoms with van der Waals surface area (Å²) >= 11 is 0. The lowest BCUT2D eigenvalue weighted by Gasteiger charge is -2.23. The van der Waals surface area contributed by atoms with Crippen molar-refractivity contribution in [3.63, 3.8) is 0 Å². The fraction of sp³-hybridized carbons (Fsp3) is 0.350. The zero-order valence-corrected chi connectivity index (χ0v) is 16.5. The van der Waals surface area contributed by atoms with Gasteiger partial charge in [0.05, 0.1) is 11.5 Å². The van der Waals surface area contributed by atoms with Crippen LogP contribution >= 0.6 is 0 Å². The number of nitrogens with zero attached hydrogens (tertiary/aromatic N) is 1. The maximum Gasteiger partial charge on any atom is 0.243 e. The van der Waals surface area contributed by atoms with E-state index in [2.05, 4.69) is 5.32 Å². The standard InChI is InChI=1S/C20H22F2N2O4S/c21-15-8-10-16(11-9-15)29(26,27)24-13-3-6-18(24)20(25)23-12-4-14-28-19-7-2-1-5-17(19)22/h1-2,5,7-11,18H,3-4,6,12-14H2,(H,23,25). The van der Waals surface area contributed by atoms with Gasteiger partial charge in [0.1, 0.15) is 11.9 Å². The van der Waals surface area contributed by atoms with Crippen molar-refractivity contribution in [3.05, 3.63) is 60.2 Å². The summed E-state index contributed by atoms with van der Waals surface area (Å²) < 4.78 is 58.6. The van der Waals surface area contributed by atoms with Gasteiger partial charge in [0.2, 0.25) is 15.9 Å². The zero-order valence-electron chi connectivity index (χ0n) is 15.7. The SMILES string of the molecule is O=C(NCCCOc1ccccc1F)C1CCCN1S(=O)(=O)c1ccc(F)cc1. The van der Waals surface area contributed by atoms with Crippen molar-refractivity contribution in [2.45, 2.75) is 30.2 Å². The van der Waals surface area contributed by atoms with Gasteiger partial charge in [-0.05, 0) is 55.7 Å². The molecule has 2 aromatic rings. The lowest BCUT2D eigenvalue weighted by molar-refractivity contribution is -0.124. The summed E-state index contributed by atoms with van der Waals surface area (Å²) in [5.74, 6) is -1.23. The van der Waals surface area contributed by atoms with E-state index in [1.165, 1.54) is 24.3 Å². The first-order chi connectivity index (χ1) is 13.9. The van der Waals surface area contributed by atoms with Crippen LogP contribution in [0.15, 0.2) is 53.4 Å². The van der Waals surface area contributed by atoms with E-state index in [0.29, 0.717) is 19.3 Å². The van der Waals surface area contributed by atoms with Crippen LogP contribution in [0.1, 0.15) is 19.3 Å². The van der Waals surface area contributed by atoms with Crippen LogP contribution in [0.2, 0.25) is 0 Å². The molecule has 156 valence electrons. The predicted octanol–water partition coefficient (Wildman–Crippen LogP) is 2.70. The van der Waals surface area contributed by atoms with Gasteiger partial charge in [-0.3, -0.25) is 4.79 Å². The molecule has 2 aromatic carbocycles. The third kappa shape index (κ3) is 5.10. The quantitative estimate of drug-likeness (QED) is 0.661. The molecule has 1 aliphatic heterocycles. The number of carbonyl (C=O) groups excluding carboxylic acids is 1. The highest BCUT2D eigenvalue weighted by Crippen LogP contribution is 2.26. The van der Waals surface area contributed by atoms with E-state index in [-0.39, 0.29) is 36.2 Å². The van der Waals surface area contributed by atoms with Crippen LogP contribution in [0.5, 0.6) is 5.75 Å². The first-order valence-electron chi connectivity index (χ1n) is 9.32. The molecule has 0 aliphatic carbocycles. The number of para-hydroxylation sites is 1. The van der Waals surface area contributed by atoms with E-state index in [1.54, 1.807) is 12.1 Å². The van der Waals surface area contributed by atoms with Gasteiger partial charge in [0.15, 0.2) is 11.6 Å². The van der Waals surface area contributed by atoms with Crippen molar-refractivity contribution in [3.8, 4) is 5.75 Å². The monoisotopic (exact) mass is 424 g/mol. The number of hydrogen-bond donors (Lipinski definition) is 1. The molecule has 1 unspecified atom stereocenters. The number of nitrogens with one attached hydrogen (secondary N) is 1. The normalized spacial score (nSPS) is 17.2. The van der Waals surface area contributed by atoms with E-state index >= 15 is 0 Å². The average Bonchev–Trinajstić information content (AvgIpc) is 3.20. The second-order valence-corrected chi connectivity index (χ2v) is 8.54. The fourth-order valence-electron chi connectivity index (χ4n) is 3.18. The topological polar surface area (TPSA) is 75.7 Å². The van der Waals surface area contributed by atoms with Crippen molar-refractivity contribution in [1.29, 1.82) is 0 Å². The van der Waals surface area contributed by atoms with Crippen molar-refractivity contribution in [2.75, 3.05) is 19.7 Å². The third-order valence-corrected chi connectivity index (χ3v) is 6.56. The van der Waals surface area contributed by atoms with Crippen LogP contribution in [-0.2, 0) is 14.8 Å². The Hall–Kier alpha value is -2.52. The van der Waals surface area contributed by atoms with Gasteiger partial charge in [-0.15, -0.1) is 0 Å². The molecule has 1 saturated heterocycles. The van der Waals surface area contributed by atoms with Crippen LogP contribution in [0.4, 0.5) is 8.78 Å². The summed E-state index contributed by atoms with van der Waals surface area (Å²) in [6.45, 7) is 0.714. The highest BCUT2D eigenvalue weighted by molar-refractivity contribution is 7.89. The van der Waals surface area contributed by atoms with Gasteiger partial charge in [0.25, 0.3) is 0 Å². The van der Waals surface area contributed by atoms with E-state index in [0.717, 1.165) is 16.4 Å². The van der Waals surface area contributed by atoms with Crippen molar-refractivity contribution < 1.29 is 26.7 Å². The summed E-state index contributed by atoms with van der Waals surface area (Å²) in [5, 5.41) is 2.71. The van der Waals surface area contributed by atoms with E-state index < -0.39 is 27.7 Å². The number of carbonyl (C=O) groups is 1. The maximum atomic E-state index is 13.5. The molecule has 29 heavy (non-hydrogen) atoms. The van der Waals surface area contributed by atoms with Crippen LogP contribution in [0.3, 0.4) is 0 Å². The predicted molar refractivity (Wildman–Crippen MR) is 103 cm³/mol. The number of hydrogen-bond acceptors (Lipinski definition) is 4. The van der Waals surface area contributed by atoms with E-state index in [9.17, 15) is 22.0 Å². The highest BCUT2D eigenvalue weighted by Gasteiger charge is 2.39. The minimum atomic E-state index is -3.89. The average molecular weight is 424 g/mol. The summed E-state index contributed by atoms with van der Waals surface area (Å²) in [5.41, 5.74) is 0. The fourth-order valence-corrected chi connectivity index (χ4v) is 4.83. The molecule has 1 amide bonds. The first-order valence-corrected chi connectivity index (χ1v) is 10.8. The van der Waals surface area contributed by atoms with Gasteiger partial charge in [0, 0.05) is 13.1 Å². The third-order valence-electron chi connectivity index (χ3n) is 4.64. The van der Waals surface area contributed by atoms with Crippen LogP contribution in [-0.4, -0.2) is 44.4 Å². The molecule has 9 heteroatoms. The molecule has 3 rings (SSSR count). The Bertz CT molecular complexity index is 951. The number of halogens is 2. The van der Waals surface area contributed by atoms with Crippen molar-refractivity contribution in [1.82, 2.24) is 9.62 Å². The first kappa shape index (κ1) is 21.2. The largest absolute Gasteiger partial charge is 0.490 e. The van der Waals surface area contributed by atoms with Gasteiger partial charge in [-0.2, -0.15) is 4.31 Å². The van der Waals surface area contributed by atoms with Gasteiger partial charge < -0.3 is 10.1 Å². The summed E-state index contributed by atoms with van der Waals surface area (Å²) in [7, 11) is -3.89. The Kier molecular flexibility index (Phi) is 6.81. The van der Waals surface area contributed by atoms with Gasteiger partial charge >= 0.3 is 0 Å². The molecule has 1 heterocycles. The molecule has 0 spiro atoms. The minimum Gasteiger partial charge on any atom is -0.490 e. The van der Waals surface area contributed by atoms with Gasteiger partial charge in [-0.1, -0.05) is 12.1 Å². The number of benzene rings is 2. The molecule has 0 aromatic heterocycles. The molecule has 0 radical (unpaired) electrons. The minimum absolute atomic E-state index is 0.0445. The Morgan fingerprint density at radius 1 is 1.14 bits per heavy atom. The number of amides is 1. The number of sulfonamides is 1. The molecular weight excluding hydrogens is 402 g/mol. The summed E-state index contributed by atoms with van der Waals surface area (Å²) in [6.07, 6.45) is 1.42. The Morgan fingerprint density at radius 3 is 2.59 bits per heavy atom. The highest BCUT2D eigenvalue weighted by atomic mass is 32.2. The molecule has 1 aliphatic rings. The zero-order chi connectivity index (χ0) is 20.9. The Morgan fingerprint density at radius 2 is 1.86 bits per heavy atom. The lowest BCUT2D eigenvalue weighted by atomic mass is 10.2. The summed E-state index contributed by atoms with van der Waals surface area (Å²) in [4.78, 5) is 12.5. The second kappa shape index (κ2) is 9.32. The molecule has 1 atom stereocenters. The molecule has 6 nitrogen and oxygen atoms in total. The maximum absolute atomic E-state index is 13.5. The molecule has 0 bridgehead atoms. The van der Waals surface area contributed by atoms with Gasteiger partial charge in [-0.25, -0.2) is 17.2 Å². The van der Waals surface area contributed by atoms with Crippen LogP contribution in [0.25, 0.3) is 0 Å². The van der Waals surface area contributed by atoms with Crippen molar-refractivity contribution >= 4 is 15.9 Å². The molecule has 1 fully saturated rings. The molecule has 1 N–H and O–H groups in total. The van der Waals surface area contributed by atoms with Crippen LogP contribution < -0.4 is 10.1 Å². The van der Waals surface area contributed by atoms with E-state index in [4.69, 9.17) is 4.74 Å². The lowest BCUT2D eigenvalue weighted by Crippen LogP contribution is -2.46. The second-order valence-electron chi connectivity index (χ2n) is 6.65.